The second-order valence-electron chi connectivity index (χ2n) is 4.21. The van der Waals surface area contributed by atoms with Crippen LogP contribution in [0, 0.1) is 0 Å². The van der Waals surface area contributed by atoms with Crippen LogP contribution >= 0.6 is 11.3 Å². The summed E-state index contributed by atoms with van der Waals surface area (Å²) in [5.41, 5.74) is 2.54. The zero-order valence-corrected chi connectivity index (χ0v) is 11.3. The average Bonchev–Trinajstić information content (AvgIpc) is 2.88. The molecular formula is C12H17N5S. The van der Waals surface area contributed by atoms with Gasteiger partial charge in [-0.05, 0) is 25.3 Å². The highest BCUT2D eigenvalue weighted by atomic mass is 32.1. The van der Waals surface area contributed by atoms with Crippen molar-refractivity contribution in [2.24, 2.45) is 5.84 Å². The fourth-order valence-corrected chi connectivity index (χ4v) is 2.38. The van der Waals surface area contributed by atoms with Crippen LogP contribution in [0.4, 0.5) is 11.6 Å². The van der Waals surface area contributed by atoms with Gasteiger partial charge in [0.2, 0.25) is 0 Å². The molecule has 0 radical (unpaired) electrons. The number of aromatic nitrogens is 2. The van der Waals surface area contributed by atoms with Crippen LogP contribution in [0.2, 0.25) is 0 Å². The first-order valence-corrected chi connectivity index (χ1v) is 6.66. The Morgan fingerprint density at radius 2 is 2.28 bits per heavy atom. The van der Waals surface area contributed by atoms with Crippen molar-refractivity contribution in [1.82, 2.24) is 9.97 Å². The Kier molecular flexibility index (Phi) is 4.11. The minimum absolute atomic E-state index is 0.354. The Morgan fingerprint density at radius 3 is 2.89 bits per heavy atom. The summed E-state index contributed by atoms with van der Waals surface area (Å²) in [4.78, 5) is 11.9. The van der Waals surface area contributed by atoms with Gasteiger partial charge in [0.05, 0.1) is 6.54 Å². The van der Waals surface area contributed by atoms with Crippen LogP contribution in [-0.2, 0) is 6.54 Å². The number of thiophene rings is 1. The van der Waals surface area contributed by atoms with Crippen LogP contribution < -0.4 is 16.2 Å². The lowest BCUT2D eigenvalue weighted by Crippen LogP contribution is -2.30. The number of nitrogens with one attached hydrogen (secondary N) is 1. The normalized spacial score (nSPS) is 10.7. The molecule has 5 nitrogen and oxygen atoms in total. The van der Waals surface area contributed by atoms with Gasteiger partial charge < -0.3 is 10.3 Å². The SMILES string of the molecule is CC(C)N(Cc1cccs1)c1cc(NN)ncn1. The van der Waals surface area contributed by atoms with Crippen molar-refractivity contribution in [3.8, 4) is 0 Å². The number of nitrogens with zero attached hydrogens (tertiary/aromatic N) is 3. The molecule has 0 fully saturated rings. The molecule has 0 aliphatic heterocycles. The zero-order valence-electron chi connectivity index (χ0n) is 10.5. The highest BCUT2D eigenvalue weighted by Gasteiger charge is 2.13. The van der Waals surface area contributed by atoms with Gasteiger partial charge in [-0.3, -0.25) is 0 Å². The van der Waals surface area contributed by atoms with Gasteiger partial charge >= 0.3 is 0 Å². The van der Waals surface area contributed by atoms with E-state index in [4.69, 9.17) is 5.84 Å². The maximum absolute atomic E-state index is 5.37. The molecule has 0 bridgehead atoms. The van der Waals surface area contributed by atoms with E-state index in [1.165, 1.54) is 11.2 Å². The Hall–Kier alpha value is -1.66. The van der Waals surface area contributed by atoms with E-state index in [1.807, 2.05) is 6.07 Å². The van der Waals surface area contributed by atoms with Crippen molar-refractivity contribution in [2.45, 2.75) is 26.4 Å². The highest BCUT2D eigenvalue weighted by Crippen LogP contribution is 2.21. The molecule has 3 N–H and O–H groups in total. The zero-order chi connectivity index (χ0) is 13.0. The molecule has 2 aromatic heterocycles. The fourth-order valence-electron chi connectivity index (χ4n) is 1.68. The molecule has 2 aromatic rings. The van der Waals surface area contributed by atoms with Crippen LogP contribution in [0.5, 0.6) is 0 Å². The van der Waals surface area contributed by atoms with Crippen molar-refractivity contribution in [3.05, 3.63) is 34.8 Å². The van der Waals surface area contributed by atoms with Crippen LogP contribution in [0.3, 0.4) is 0 Å². The second-order valence-corrected chi connectivity index (χ2v) is 5.24. The summed E-state index contributed by atoms with van der Waals surface area (Å²) < 4.78 is 0. The Balaban J connectivity index is 2.23. The first kappa shape index (κ1) is 12.8. The summed E-state index contributed by atoms with van der Waals surface area (Å²) in [5.74, 6) is 6.87. The van der Waals surface area contributed by atoms with Crippen molar-refractivity contribution >= 4 is 23.0 Å². The van der Waals surface area contributed by atoms with Crippen LogP contribution in [0.1, 0.15) is 18.7 Å². The topological polar surface area (TPSA) is 67.1 Å². The smallest absolute Gasteiger partial charge is 0.145 e. The van der Waals surface area contributed by atoms with E-state index in [0.717, 1.165) is 12.4 Å². The molecule has 0 unspecified atom stereocenters. The van der Waals surface area contributed by atoms with Crippen molar-refractivity contribution in [1.29, 1.82) is 0 Å². The van der Waals surface area contributed by atoms with Gasteiger partial charge in [-0.25, -0.2) is 15.8 Å². The molecule has 0 spiro atoms. The summed E-state index contributed by atoms with van der Waals surface area (Å²) in [6, 6.07) is 6.40. The van der Waals surface area contributed by atoms with E-state index in [1.54, 1.807) is 11.3 Å². The molecule has 18 heavy (non-hydrogen) atoms. The molecule has 96 valence electrons. The molecule has 0 aromatic carbocycles. The first-order chi connectivity index (χ1) is 8.70. The summed E-state index contributed by atoms with van der Waals surface area (Å²) in [7, 11) is 0. The standard InChI is InChI=1S/C12H17N5S/c1-9(2)17(7-10-4-3-5-18-10)12-6-11(16-13)14-8-15-12/h3-6,8-9H,7,13H2,1-2H3,(H,14,15,16). The molecule has 0 aliphatic carbocycles. The van der Waals surface area contributed by atoms with Gasteiger partial charge in [0, 0.05) is 17.0 Å². The third-order valence-electron chi connectivity index (χ3n) is 2.62. The number of hydrogen-bond acceptors (Lipinski definition) is 6. The summed E-state index contributed by atoms with van der Waals surface area (Å²) in [6.07, 6.45) is 1.52. The van der Waals surface area contributed by atoms with Gasteiger partial charge in [0.1, 0.15) is 18.0 Å². The van der Waals surface area contributed by atoms with E-state index in [-0.39, 0.29) is 0 Å². The van der Waals surface area contributed by atoms with Crippen molar-refractivity contribution < 1.29 is 0 Å². The number of rotatable bonds is 5. The predicted molar refractivity (Wildman–Crippen MR) is 75.5 cm³/mol. The van der Waals surface area contributed by atoms with Crippen molar-refractivity contribution in [3.63, 3.8) is 0 Å². The van der Waals surface area contributed by atoms with E-state index >= 15 is 0 Å². The van der Waals surface area contributed by atoms with Crippen LogP contribution in [-0.4, -0.2) is 16.0 Å². The molecule has 0 aliphatic rings. The lowest BCUT2D eigenvalue weighted by molar-refractivity contribution is 0.676. The van der Waals surface area contributed by atoms with Gasteiger partial charge in [-0.2, -0.15) is 0 Å². The number of nitrogen functional groups attached to an aromatic ring is 1. The summed E-state index contributed by atoms with van der Waals surface area (Å²) in [5, 5.41) is 2.08. The second kappa shape index (κ2) is 5.79. The fraction of sp³-hybridized carbons (Fsp3) is 0.333. The minimum atomic E-state index is 0.354. The molecule has 2 rings (SSSR count). The quantitative estimate of drug-likeness (QED) is 0.639. The third-order valence-corrected chi connectivity index (χ3v) is 3.49. The van der Waals surface area contributed by atoms with Crippen LogP contribution in [0.15, 0.2) is 29.9 Å². The number of hydrazine groups is 1. The lowest BCUT2D eigenvalue weighted by Gasteiger charge is -2.27. The van der Waals surface area contributed by atoms with Gasteiger partial charge in [0.25, 0.3) is 0 Å². The molecule has 0 amide bonds. The van der Waals surface area contributed by atoms with Gasteiger partial charge in [-0.1, -0.05) is 6.07 Å². The number of anilines is 2. The van der Waals surface area contributed by atoms with Gasteiger partial charge in [-0.15, -0.1) is 11.3 Å². The average molecular weight is 263 g/mol. The van der Waals surface area contributed by atoms with E-state index in [9.17, 15) is 0 Å². The van der Waals surface area contributed by atoms with E-state index in [2.05, 4.69) is 51.7 Å². The Morgan fingerprint density at radius 1 is 1.44 bits per heavy atom. The Bertz CT molecular complexity index is 483. The molecule has 2 heterocycles. The number of nitrogens with two attached hydrogens (primary N) is 1. The highest BCUT2D eigenvalue weighted by molar-refractivity contribution is 7.09. The predicted octanol–water partition coefficient (Wildman–Crippen LogP) is 2.24. The largest absolute Gasteiger partial charge is 0.349 e. The lowest BCUT2D eigenvalue weighted by atomic mass is 10.3. The molecule has 0 saturated carbocycles. The molecule has 6 heteroatoms. The molecular weight excluding hydrogens is 246 g/mol. The van der Waals surface area contributed by atoms with E-state index < -0.39 is 0 Å². The number of hydrogen-bond donors (Lipinski definition) is 2. The van der Waals surface area contributed by atoms with Crippen LogP contribution in [0.25, 0.3) is 0 Å². The minimum Gasteiger partial charge on any atom is -0.349 e. The third kappa shape index (κ3) is 2.96. The molecule has 0 saturated heterocycles. The summed E-state index contributed by atoms with van der Waals surface area (Å²) >= 11 is 1.75. The Labute approximate surface area is 111 Å². The maximum atomic E-state index is 5.37. The maximum Gasteiger partial charge on any atom is 0.145 e. The van der Waals surface area contributed by atoms with Gasteiger partial charge in [0.15, 0.2) is 0 Å². The van der Waals surface area contributed by atoms with E-state index in [0.29, 0.717) is 11.9 Å². The first-order valence-electron chi connectivity index (χ1n) is 5.78. The molecule has 0 atom stereocenters. The summed E-state index contributed by atoms with van der Waals surface area (Å²) in [6.45, 7) is 5.13. The monoisotopic (exact) mass is 263 g/mol. The van der Waals surface area contributed by atoms with Crippen molar-refractivity contribution in [2.75, 3.05) is 10.3 Å².